The molecule has 20 heavy (non-hydrogen) atoms. The highest BCUT2D eigenvalue weighted by molar-refractivity contribution is 7.97. The Hall–Kier alpha value is -1.29. The van der Waals surface area contributed by atoms with Crippen LogP contribution in [0.3, 0.4) is 0 Å². The molecule has 1 aliphatic heterocycles. The standard InChI is InChI=1S/C17H20N2S/c1-14-2-4-15(5-3-14)16-6-8-17(9-7-16)20-19-12-10-18-11-13-19/h2-9,18H,10-13H2,1H3. The minimum atomic E-state index is 1.09. The first kappa shape index (κ1) is 13.7. The SMILES string of the molecule is Cc1ccc(-c2ccc(SN3CCNCC3)cc2)cc1. The van der Waals surface area contributed by atoms with Crippen molar-refractivity contribution >= 4 is 11.9 Å². The lowest BCUT2D eigenvalue weighted by atomic mass is 10.0. The number of rotatable bonds is 3. The summed E-state index contributed by atoms with van der Waals surface area (Å²) in [6.07, 6.45) is 0. The van der Waals surface area contributed by atoms with E-state index < -0.39 is 0 Å². The topological polar surface area (TPSA) is 15.3 Å². The Kier molecular flexibility index (Phi) is 4.41. The van der Waals surface area contributed by atoms with E-state index >= 15 is 0 Å². The molecule has 2 aromatic carbocycles. The van der Waals surface area contributed by atoms with Crippen LogP contribution in [0.1, 0.15) is 5.56 Å². The molecule has 0 aromatic heterocycles. The maximum absolute atomic E-state index is 3.38. The fraction of sp³-hybridized carbons (Fsp3) is 0.294. The smallest absolute Gasteiger partial charge is 0.0230 e. The van der Waals surface area contributed by atoms with E-state index in [0.717, 1.165) is 26.2 Å². The summed E-state index contributed by atoms with van der Waals surface area (Å²) in [5.74, 6) is 0. The Bertz CT molecular complexity index is 542. The van der Waals surface area contributed by atoms with E-state index in [1.807, 2.05) is 11.9 Å². The molecule has 0 atom stereocenters. The molecule has 0 amide bonds. The molecule has 3 heteroatoms. The number of nitrogens with zero attached hydrogens (tertiary/aromatic N) is 1. The van der Waals surface area contributed by atoms with Crippen LogP contribution in [0.2, 0.25) is 0 Å². The van der Waals surface area contributed by atoms with Gasteiger partial charge in [0.15, 0.2) is 0 Å². The van der Waals surface area contributed by atoms with Crippen LogP contribution in [-0.2, 0) is 0 Å². The van der Waals surface area contributed by atoms with Gasteiger partial charge in [-0.2, -0.15) is 0 Å². The van der Waals surface area contributed by atoms with Gasteiger partial charge in [-0.25, -0.2) is 4.31 Å². The van der Waals surface area contributed by atoms with Crippen LogP contribution >= 0.6 is 11.9 Å². The van der Waals surface area contributed by atoms with E-state index in [0.29, 0.717) is 0 Å². The van der Waals surface area contributed by atoms with Gasteiger partial charge in [0.2, 0.25) is 0 Å². The molecule has 0 bridgehead atoms. The van der Waals surface area contributed by atoms with Gasteiger partial charge in [-0.05, 0) is 42.1 Å². The van der Waals surface area contributed by atoms with Crippen molar-refractivity contribution in [2.45, 2.75) is 11.8 Å². The molecule has 0 saturated carbocycles. The number of hydrogen-bond acceptors (Lipinski definition) is 3. The normalized spacial score (nSPS) is 16.2. The molecule has 1 heterocycles. The Morgan fingerprint density at radius 2 is 1.40 bits per heavy atom. The van der Waals surface area contributed by atoms with E-state index in [4.69, 9.17) is 0 Å². The van der Waals surface area contributed by atoms with Crippen LogP contribution in [0.5, 0.6) is 0 Å². The molecule has 0 spiro atoms. The third-order valence-corrected chi connectivity index (χ3v) is 4.66. The van der Waals surface area contributed by atoms with Gasteiger partial charge < -0.3 is 5.32 Å². The second-order valence-corrected chi connectivity index (χ2v) is 6.33. The predicted molar refractivity (Wildman–Crippen MR) is 86.9 cm³/mol. The third-order valence-electron chi connectivity index (χ3n) is 3.55. The van der Waals surface area contributed by atoms with E-state index in [-0.39, 0.29) is 0 Å². The van der Waals surface area contributed by atoms with Crippen LogP contribution in [-0.4, -0.2) is 30.5 Å². The zero-order chi connectivity index (χ0) is 13.8. The summed E-state index contributed by atoms with van der Waals surface area (Å²) in [7, 11) is 0. The van der Waals surface area contributed by atoms with Gasteiger partial charge >= 0.3 is 0 Å². The van der Waals surface area contributed by atoms with Crippen molar-refractivity contribution in [1.29, 1.82) is 0 Å². The number of benzene rings is 2. The van der Waals surface area contributed by atoms with Gasteiger partial charge in [-0.3, -0.25) is 0 Å². The highest BCUT2D eigenvalue weighted by Gasteiger charge is 2.10. The van der Waals surface area contributed by atoms with E-state index in [1.165, 1.54) is 21.6 Å². The van der Waals surface area contributed by atoms with Gasteiger partial charge in [0, 0.05) is 31.1 Å². The van der Waals surface area contributed by atoms with E-state index in [1.54, 1.807) is 0 Å². The van der Waals surface area contributed by atoms with E-state index in [2.05, 4.69) is 65.1 Å². The number of nitrogens with one attached hydrogen (secondary N) is 1. The van der Waals surface area contributed by atoms with Crippen LogP contribution in [0.25, 0.3) is 11.1 Å². The second kappa shape index (κ2) is 6.44. The van der Waals surface area contributed by atoms with Crippen molar-refractivity contribution in [3.63, 3.8) is 0 Å². The van der Waals surface area contributed by atoms with E-state index in [9.17, 15) is 0 Å². The summed E-state index contributed by atoms with van der Waals surface area (Å²) in [5.41, 5.74) is 3.88. The largest absolute Gasteiger partial charge is 0.314 e. The molecule has 104 valence electrons. The highest BCUT2D eigenvalue weighted by atomic mass is 32.2. The van der Waals surface area contributed by atoms with Crippen LogP contribution in [0, 0.1) is 6.92 Å². The number of piperazine rings is 1. The third kappa shape index (κ3) is 3.42. The molecule has 3 rings (SSSR count). The number of hydrogen-bond donors (Lipinski definition) is 1. The van der Waals surface area contributed by atoms with Crippen molar-refractivity contribution in [2.75, 3.05) is 26.2 Å². The first-order valence-electron chi connectivity index (χ1n) is 7.12. The van der Waals surface area contributed by atoms with Crippen molar-refractivity contribution < 1.29 is 0 Å². The molecule has 1 saturated heterocycles. The summed E-state index contributed by atoms with van der Waals surface area (Å²) in [4.78, 5) is 1.32. The molecule has 1 N–H and O–H groups in total. The summed E-state index contributed by atoms with van der Waals surface area (Å²) in [5, 5.41) is 3.38. The monoisotopic (exact) mass is 284 g/mol. The lowest BCUT2D eigenvalue weighted by Gasteiger charge is -2.25. The Morgan fingerprint density at radius 3 is 2.00 bits per heavy atom. The molecule has 0 aliphatic carbocycles. The fourth-order valence-electron chi connectivity index (χ4n) is 2.34. The average Bonchev–Trinajstić information content (AvgIpc) is 2.50. The van der Waals surface area contributed by atoms with Crippen molar-refractivity contribution in [3.8, 4) is 11.1 Å². The molecule has 0 unspecified atom stereocenters. The Morgan fingerprint density at radius 1 is 0.850 bits per heavy atom. The fourth-order valence-corrected chi connectivity index (χ4v) is 3.26. The zero-order valence-corrected chi connectivity index (χ0v) is 12.6. The van der Waals surface area contributed by atoms with Crippen LogP contribution < -0.4 is 5.32 Å². The molecular formula is C17H20N2S. The second-order valence-electron chi connectivity index (χ2n) is 5.16. The van der Waals surface area contributed by atoms with Gasteiger partial charge in [-0.15, -0.1) is 0 Å². The van der Waals surface area contributed by atoms with Gasteiger partial charge in [0.25, 0.3) is 0 Å². The Balaban J connectivity index is 1.69. The van der Waals surface area contributed by atoms with Gasteiger partial charge in [-0.1, -0.05) is 42.0 Å². The van der Waals surface area contributed by atoms with Crippen molar-refractivity contribution in [2.24, 2.45) is 0 Å². The predicted octanol–water partition coefficient (Wildman–Crippen LogP) is 3.57. The molecule has 2 nitrogen and oxygen atoms in total. The summed E-state index contributed by atoms with van der Waals surface area (Å²) in [6, 6.07) is 17.6. The molecule has 1 fully saturated rings. The molecule has 2 aromatic rings. The summed E-state index contributed by atoms with van der Waals surface area (Å²) in [6.45, 7) is 6.54. The van der Waals surface area contributed by atoms with Gasteiger partial charge in [0.1, 0.15) is 0 Å². The summed E-state index contributed by atoms with van der Waals surface area (Å²) < 4.78 is 2.43. The maximum atomic E-state index is 3.38. The first-order chi connectivity index (χ1) is 9.81. The molecular weight excluding hydrogens is 264 g/mol. The van der Waals surface area contributed by atoms with Crippen molar-refractivity contribution in [3.05, 3.63) is 54.1 Å². The average molecular weight is 284 g/mol. The Labute approximate surface area is 125 Å². The van der Waals surface area contributed by atoms with Crippen molar-refractivity contribution in [1.82, 2.24) is 9.62 Å². The lowest BCUT2D eigenvalue weighted by molar-refractivity contribution is 0.396. The first-order valence-corrected chi connectivity index (χ1v) is 7.89. The quantitative estimate of drug-likeness (QED) is 0.867. The minimum Gasteiger partial charge on any atom is -0.314 e. The minimum absolute atomic E-state index is 1.09. The van der Waals surface area contributed by atoms with Crippen LogP contribution in [0.4, 0.5) is 0 Å². The lowest BCUT2D eigenvalue weighted by Crippen LogP contribution is -2.39. The van der Waals surface area contributed by atoms with Crippen LogP contribution in [0.15, 0.2) is 53.4 Å². The van der Waals surface area contributed by atoms with Gasteiger partial charge in [0.05, 0.1) is 0 Å². The summed E-state index contributed by atoms with van der Waals surface area (Å²) >= 11 is 1.86. The zero-order valence-electron chi connectivity index (χ0n) is 11.8. The maximum Gasteiger partial charge on any atom is 0.0230 e. The highest BCUT2D eigenvalue weighted by Crippen LogP contribution is 2.26. The molecule has 1 aliphatic rings. The molecule has 0 radical (unpaired) electrons. The number of aryl methyl sites for hydroxylation is 1.